The molecule has 0 bridgehead atoms. The number of nitrogens with zero attached hydrogens (tertiary/aromatic N) is 3. The van der Waals surface area contributed by atoms with Gasteiger partial charge in [-0.3, -0.25) is 9.69 Å². The van der Waals surface area contributed by atoms with E-state index < -0.39 is 0 Å². The Balaban J connectivity index is 1.55. The molecule has 6 heteroatoms. The molecule has 1 aliphatic rings. The van der Waals surface area contributed by atoms with E-state index in [9.17, 15) is 4.79 Å². The highest BCUT2D eigenvalue weighted by Crippen LogP contribution is 2.15. The van der Waals surface area contributed by atoms with Crippen molar-refractivity contribution in [2.45, 2.75) is 6.54 Å². The van der Waals surface area contributed by atoms with Gasteiger partial charge in [-0.1, -0.05) is 6.07 Å². The normalized spacial score (nSPS) is 16.1. The number of carbonyl (C=O) groups is 1. The van der Waals surface area contributed by atoms with E-state index in [2.05, 4.69) is 43.3 Å². The van der Waals surface area contributed by atoms with Crippen molar-refractivity contribution >= 4 is 33.2 Å². The molecule has 0 N–H and O–H groups in total. The molecule has 3 heterocycles. The molecule has 1 saturated heterocycles. The summed E-state index contributed by atoms with van der Waals surface area (Å²) in [5.41, 5.74) is 0.657. The lowest BCUT2D eigenvalue weighted by Crippen LogP contribution is -2.48. The summed E-state index contributed by atoms with van der Waals surface area (Å²) in [5.74, 6) is 0.0748. The Morgan fingerprint density at radius 2 is 2.05 bits per heavy atom. The van der Waals surface area contributed by atoms with Crippen molar-refractivity contribution in [3.8, 4) is 0 Å². The van der Waals surface area contributed by atoms with Crippen molar-refractivity contribution in [2.75, 3.05) is 26.2 Å². The highest BCUT2D eigenvalue weighted by Gasteiger charge is 2.22. The van der Waals surface area contributed by atoms with Gasteiger partial charge in [0.15, 0.2) is 0 Å². The summed E-state index contributed by atoms with van der Waals surface area (Å²) in [6.07, 6.45) is 1.63. The van der Waals surface area contributed by atoms with Crippen molar-refractivity contribution in [1.29, 1.82) is 0 Å². The smallest absolute Gasteiger partial charge is 0.255 e. The molecule has 21 heavy (non-hydrogen) atoms. The van der Waals surface area contributed by atoms with Gasteiger partial charge < -0.3 is 4.90 Å². The molecule has 1 fully saturated rings. The van der Waals surface area contributed by atoms with Gasteiger partial charge in [0.1, 0.15) is 4.60 Å². The number of hydrogen-bond acceptors (Lipinski definition) is 4. The first-order valence-corrected chi connectivity index (χ1v) is 8.55. The number of amides is 1. The van der Waals surface area contributed by atoms with Crippen LogP contribution in [0.2, 0.25) is 0 Å². The van der Waals surface area contributed by atoms with Crippen LogP contribution in [-0.4, -0.2) is 46.9 Å². The standard InChI is InChI=1S/C15H16BrN3OS/c16-14-4-3-12(10-17-14)15(20)19-7-5-18(6-8-19)11-13-2-1-9-21-13/h1-4,9-10H,5-8,11H2. The summed E-state index contributed by atoms with van der Waals surface area (Å²) in [6, 6.07) is 7.87. The third-order valence-corrected chi connectivity index (χ3v) is 4.92. The maximum absolute atomic E-state index is 12.4. The molecule has 0 radical (unpaired) electrons. The molecule has 3 rings (SSSR count). The number of hydrogen-bond donors (Lipinski definition) is 0. The first-order chi connectivity index (χ1) is 10.2. The van der Waals surface area contributed by atoms with Gasteiger partial charge in [-0.2, -0.15) is 0 Å². The van der Waals surface area contributed by atoms with Gasteiger partial charge in [-0.15, -0.1) is 11.3 Å². The maximum Gasteiger partial charge on any atom is 0.255 e. The molecule has 4 nitrogen and oxygen atoms in total. The molecule has 0 atom stereocenters. The molecule has 0 aromatic carbocycles. The Hall–Kier alpha value is -1.24. The zero-order valence-electron chi connectivity index (χ0n) is 11.5. The van der Waals surface area contributed by atoms with E-state index in [-0.39, 0.29) is 5.91 Å². The van der Waals surface area contributed by atoms with Gasteiger partial charge in [-0.25, -0.2) is 4.98 Å². The van der Waals surface area contributed by atoms with E-state index in [0.29, 0.717) is 5.56 Å². The second-order valence-electron chi connectivity index (χ2n) is 5.02. The summed E-state index contributed by atoms with van der Waals surface area (Å²) in [5, 5.41) is 2.11. The zero-order valence-corrected chi connectivity index (χ0v) is 13.9. The minimum absolute atomic E-state index is 0.0748. The molecular formula is C15H16BrN3OS. The summed E-state index contributed by atoms with van der Waals surface area (Å²) in [4.78, 5) is 22.2. The monoisotopic (exact) mass is 365 g/mol. The molecule has 2 aromatic rings. The zero-order chi connectivity index (χ0) is 14.7. The number of rotatable bonds is 3. The van der Waals surface area contributed by atoms with Crippen molar-refractivity contribution in [1.82, 2.24) is 14.8 Å². The van der Waals surface area contributed by atoms with Crippen LogP contribution in [0.25, 0.3) is 0 Å². The Kier molecular flexibility index (Phi) is 4.67. The lowest BCUT2D eigenvalue weighted by atomic mass is 10.2. The van der Waals surface area contributed by atoms with Crippen LogP contribution in [0, 0.1) is 0 Å². The number of pyridine rings is 1. The minimum Gasteiger partial charge on any atom is -0.336 e. The fourth-order valence-corrected chi connectivity index (χ4v) is 3.40. The number of thiophene rings is 1. The van der Waals surface area contributed by atoms with E-state index in [4.69, 9.17) is 0 Å². The number of carbonyl (C=O) groups excluding carboxylic acids is 1. The second-order valence-corrected chi connectivity index (χ2v) is 6.86. The molecular weight excluding hydrogens is 350 g/mol. The first-order valence-electron chi connectivity index (χ1n) is 6.88. The molecule has 1 amide bonds. The van der Waals surface area contributed by atoms with Crippen molar-refractivity contribution in [3.63, 3.8) is 0 Å². The van der Waals surface area contributed by atoms with Gasteiger partial charge >= 0.3 is 0 Å². The van der Waals surface area contributed by atoms with E-state index in [1.807, 2.05) is 11.0 Å². The average Bonchev–Trinajstić information content (AvgIpc) is 3.01. The Morgan fingerprint density at radius 1 is 1.24 bits per heavy atom. The first kappa shape index (κ1) is 14.7. The summed E-state index contributed by atoms with van der Waals surface area (Å²) in [7, 11) is 0. The predicted octanol–water partition coefficient (Wildman–Crippen LogP) is 2.86. The van der Waals surface area contributed by atoms with Crippen LogP contribution >= 0.6 is 27.3 Å². The van der Waals surface area contributed by atoms with Gasteiger partial charge in [0.2, 0.25) is 0 Å². The molecule has 0 unspecified atom stereocenters. The SMILES string of the molecule is O=C(c1ccc(Br)nc1)N1CCN(Cc2cccs2)CC1. The molecule has 0 saturated carbocycles. The van der Waals surface area contributed by atoms with Crippen LogP contribution in [-0.2, 0) is 6.54 Å². The third-order valence-electron chi connectivity index (χ3n) is 3.59. The number of aromatic nitrogens is 1. The topological polar surface area (TPSA) is 36.4 Å². The summed E-state index contributed by atoms with van der Waals surface area (Å²) in [6.45, 7) is 4.39. The van der Waals surface area contributed by atoms with E-state index in [0.717, 1.165) is 37.3 Å². The Bertz CT molecular complexity index is 592. The van der Waals surface area contributed by atoms with Crippen LogP contribution in [0.3, 0.4) is 0 Å². The van der Waals surface area contributed by atoms with Crippen LogP contribution in [0.4, 0.5) is 0 Å². The van der Waals surface area contributed by atoms with E-state index in [1.165, 1.54) is 4.88 Å². The Morgan fingerprint density at radius 3 is 2.67 bits per heavy atom. The summed E-state index contributed by atoms with van der Waals surface area (Å²) >= 11 is 5.07. The highest BCUT2D eigenvalue weighted by atomic mass is 79.9. The van der Waals surface area contributed by atoms with Crippen molar-refractivity contribution < 1.29 is 4.79 Å². The molecule has 0 aliphatic carbocycles. The number of halogens is 1. The average molecular weight is 366 g/mol. The quantitative estimate of drug-likeness (QED) is 0.784. The van der Waals surface area contributed by atoms with Crippen LogP contribution in [0.5, 0.6) is 0 Å². The van der Waals surface area contributed by atoms with Gasteiger partial charge in [0.05, 0.1) is 5.56 Å². The largest absolute Gasteiger partial charge is 0.336 e. The van der Waals surface area contributed by atoms with Crippen molar-refractivity contribution in [3.05, 3.63) is 50.9 Å². The molecule has 1 aliphatic heterocycles. The van der Waals surface area contributed by atoms with Crippen LogP contribution < -0.4 is 0 Å². The van der Waals surface area contributed by atoms with Crippen LogP contribution in [0.1, 0.15) is 15.2 Å². The fourth-order valence-electron chi connectivity index (χ4n) is 2.42. The summed E-state index contributed by atoms with van der Waals surface area (Å²) < 4.78 is 0.750. The van der Waals surface area contributed by atoms with Gasteiger partial charge in [0, 0.05) is 43.8 Å². The molecule has 2 aromatic heterocycles. The minimum atomic E-state index is 0.0748. The highest BCUT2D eigenvalue weighted by molar-refractivity contribution is 9.10. The van der Waals surface area contributed by atoms with Gasteiger partial charge in [0.25, 0.3) is 5.91 Å². The van der Waals surface area contributed by atoms with Crippen molar-refractivity contribution in [2.24, 2.45) is 0 Å². The van der Waals surface area contributed by atoms with Crippen LogP contribution in [0.15, 0.2) is 40.4 Å². The third kappa shape index (κ3) is 3.70. The second kappa shape index (κ2) is 6.68. The predicted molar refractivity (Wildman–Crippen MR) is 87.4 cm³/mol. The number of piperazine rings is 1. The van der Waals surface area contributed by atoms with E-state index >= 15 is 0 Å². The fraction of sp³-hybridized carbons (Fsp3) is 0.333. The lowest BCUT2D eigenvalue weighted by Gasteiger charge is -2.34. The molecule has 110 valence electrons. The maximum atomic E-state index is 12.4. The Labute approximate surface area is 136 Å². The molecule has 0 spiro atoms. The van der Waals surface area contributed by atoms with E-state index in [1.54, 1.807) is 23.6 Å². The van der Waals surface area contributed by atoms with Gasteiger partial charge in [-0.05, 0) is 39.5 Å². The lowest BCUT2D eigenvalue weighted by molar-refractivity contribution is 0.0629.